The molecule has 1 aliphatic rings. The summed E-state index contributed by atoms with van der Waals surface area (Å²) in [5.74, 6) is -2.51. The second-order valence-electron chi connectivity index (χ2n) is 5.71. The molecule has 0 unspecified atom stereocenters. The average Bonchev–Trinajstić information content (AvgIpc) is 3.00. The Labute approximate surface area is 144 Å². The van der Waals surface area contributed by atoms with E-state index in [1.54, 1.807) is 23.2 Å². The molecule has 134 valence electrons. The largest absolute Gasteiger partial charge is 0.357 e. The van der Waals surface area contributed by atoms with Gasteiger partial charge in [-0.3, -0.25) is 4.79 Å². The van der Waals surface area contributed by atoms with Crippen molar-refractivity contribution in [3.63, 3.8) is 0 Å². The molecule has 0 bridgehead atoms. The summed E-state index contributed by atoms with van der Waals surface area (Å²) in [6.45, 7) is 0.937. The molecule has 6 nitrogen and oxygen atoms in total. The number of nitrogens with one attached hydrogen (secondary N) is 1. The Morgan fingerprint density at radius 3 is 2.52 bits per heavy atom. The van der Waals surface area contributed by atoms with Crippen molar-refractivity contribution in [2.75, 3.05) is 26.2 Å². The lowest BCUT2D eigenvalue weighted by Crippen LogP contribution is -2.37. The molecule has 1 aromatic carbocycles. The van der Waals surface area contributed by atoms with Crippen molar-refractivity contribution < 1.29 is 22.0 Å². The van der Waals surface area contributed by atoms with Crippen LogP contribution in [0.15, 0.2) is 41.4 Å². The summed E-state index contributed by atoms with van der Waals surface area (Å²) >= 11 is 0. The quantitative estimate of drug-likeness (QED) is 0.897. The van der Waals surface area contributed by atoms with Crippen LogP contribution in [-0.2, 0) is 10.0 Å². The van der Waals surface area contributed by atoms with Crippen LogP contribution in [0.2, 0.25) is 0 Å². The van der Waals surface area contributed by atoms with Gasteiger partial charge in [0, 0.05) is 32.4 Å². The molecule has 0 radical (unpaired) electrons. The number of halogens is 2. The monoisotopic (exact) mass is 369 g/mol. The highest BCUT2D eigenvalue weighted by molar-refractivity contribution is 7.89. The number of aromatic amines is 1. The fourth-order valence-corrected chi connectivity index (χ4v) is 4.24. The number of carbonyl (C=O) groups is 1. The number of nitrogens with zero attached hydrogens (tertiary/aromatic N) is 2. The van der Waals surface area contributed by atoms with Crippen molar-refractivity contribution in [2.45, 2.75) is 11.3 Å². The highest BCUT2D eigenvalue weighted by Gasteiger charge is 2.29. The van der Waals surface area contributed by atoms with Crippen molar-refractivity contribution in [3.8, 4) is 0 Å². The van der Waals surface area contributed by atoms with E-state index in [1.165, 1.54) is 4.31 Å². The predicted molar refractivity (Wildman–Crippen MR) is 86.4 cm³/mol. The van der Waals surface area contributed by atoms with Crippen LogP contribution < -0.4 is 0 Å². The Morgan fingerprint density at radius 2 is 1.84 bits per heavy atom. The summed E-state index contributed by atoms with van der Waals surface area (Å²) in [4.78, 5) is 16.5. The zero-order chi connectivity index (χ0) is 18.0. The van der Waals surface area contributed by atoms with E-state index >= 15 is 0 Å². The lowest BCUT2D eigenvalue weighted by Gasteiger charge is -2.21. The van der Waals surface area contributed by atoms with Crippen LogP contribution in [-0.4, -0.2) is 54.7 Å². The number of hydrogen-bond acceptors (Lipinski definition) is 3. The van der Waals surface area contributed by atoms with Gasteiger partial charge in [0.2, 0.25) is 10.0 Å². The van der Waals surface area contributed by atoms with E-state index in [2.05, 4.69) is 4.98 Å². The normalized spacial score (nSPS) is 16.6. The molecule has 9 heteroatoms. The van der Waals surface area contributed by atoms with Gasteiger partial charge in [-0.25, -0.2) is 17.2 Å². The first-order chi connectivity index (χ1) is 11.9. The maximum absolute atomic E-state index is 13.4. The lowest BCUT2D eigenvalue weighted by molar-refractivity contribution is 0.0759. The van der Waals surface area contributed by atoms with Crippen LogP contribution in [0, 0.1) is 11.6 Å². The van der Waals surface area contributed by atoms with Gasteiger partial charge in [0.15, 0.2) is 11.6 Å². The minimum Gasteiger partial charge on any atom is -0.357 e. The third kappa shape index (κ3) is 3.57. The summed E-state index contributed by atoms with van der Waals surface area (Å²) in [5, 5.41) is 0. The Bertz CT molecular complexity index is 869. The van der Waals surface area contributed by atoms with Gasteiger partial charge in [0.25, 0.3) is 5.91 Å². The van der Waals surface area contributed by atoms with Gasteiger partial charge in [0.05, 0.1) is 4.90 Å². The fourth-order valence-electron chi connectivity index (χ4n) is 2.76. The summed E-state index contributed by atoms with van der Waals surface area (Å²) in [6, 6.07) is 5.88. The molecule has 2 aromatic rings. The maximum atomic E-state index is 13.4. The van der Waals surface area contributed by atoms with Gasteiger partial charge in [-0.1, -0.05) is 0 Å². The molecule has 1 N–H and O–H groups in total. The van der Waals surface area contributed by atoms with Crippen molar-refractivity contribution in [2.24, 2.45) is 0 Å². The molecule has 1 fully saturated rings. The Balaban J connectivity index is 1.76. The maximum Gasteiger partial charge on any atom is 0.270 e. The first-order valence-electron chi connectivity index (χ1n) is 7.77. The SMILES string of the molecule is O=C(c1ccc[nH]1)N1CCCN(S(=O)(=O)c2ccc(F)c(F)c2)CC1. The molecule has 1 aromatic heterocycles. The van der Waals surface area contributed by atoms with Crippen LogP contribution in [0.1, 0.15) is 16.9 Å². The van der Waals surface area contributed by atoms with E-state index in [0.717, 1.165) is 12.1 Å². The molecular weight excluding hydrogens is 352 g/mol. The Morgan fingerprint density at radius 1 is 1.04 bits per heavy atom. The lowest BCUT2D eigenvalue weighted by atomic mass is 10.3. The smallest absolute Gasteiger partial charge is 0.270 e. The predicted octanol–water partition coefficient (Wildman–Crippen LogP) is 1.83. The van der Waals surface area contributed by atoms with Crippen LogP contribution in [0.25, 0.3) is 0 Å². The zero-order valence-electron chi connectivity index (χ0n) is 13.3. The molecule has 3 rings (SSSR count). The molecule has 25 heavy (non-hydrogen) atoms. The van der Waals surface area contributed by atoms with Gasteiger partial charge in [-0.05, 0) is 36.8 Å². The highest BCUT2D eigenvalue weighted by Crippen LogP contribution is 2.20. The topological polar surface area (TPSA) is 73.5 Å². The van der Waals surface area contributed by atoms with Gasteiger partial charge >= 0.3 is 0 Å². The van der Waals surface area contributed by atoms with Crippen molar-refractivity contribution in [1.82, 2.24) is 14.2 Å². The van der Waals surface area contributed by atoms with Crippen molar-refractivity contribution >= 4 is 15.9 Å². The van der Waals surface area contributed by atoms with Gasteiger partial charge in [0.1, 0.15) is 5.69 Å². The summed E-state index contributed by atoms with van der Waals surface area (Å²) in [5.41, 5.74) is 0.442. The molecule has 2 heterocycles. The second-order valence-corrected chi connectivity index (χ2v) is 7.65. The van der Waals surface area contributed by atoms with Crippen LogP contribution in [0.5, 0.6) is 0 Å². The summed E-state index contributed by atoms with van der Waals surface area (Å²) in [7, 11) is -3.95. The second kappa shape index (κ2) is 6.93. The van der Waals surface area contributed by atoms with Crippen LogP contribution in [0.4, 0.5) is 8.78 Å². The van der Waals surface area contributed by atoms with Crippen LogP contribution >= 0.6 is 0 Å². The molecule has 1 aliphatic heterocycles. The Hall–Kier alpha value is -2.26. The van der Waals surface area contributed by atoms with E-state index in [4.69, 9.17) is 0 Å². The zero-order valence-corrected chi connectivity index (χ0v) is 14.1. The van der Waals surface area contributed by atoms with E-state index in [9.17, 15) is 22.0 Å². The van der Waals surface area contributed by atoms with Gasteiger partial charge < -0.3 is 9.88 Å². The molecule has 0 atom stereocenters. The molecule has 1 amide bonds. The first-order valence-corrected chi connectivity index (χ1v) is 9.21. The number of carbonyl (C=O) groups excluding carboxylic acids is 1. The molecule has 0 aliphatic carbocycles. The number of rotatable bonds is 3. The molecular formula is C16H17F2N3O3S. The number of hydrogen-bond donors (Lipinski definition) is 1. The number of aromatic nitrogens is 1. The molecule has 0 spiro atoms. The van der Waals surface area contributed by atoms with Crippen molar-refractivity contribution in [3.05, 3.63) is 53.9 Å². The van der Waals surface area contributed by atoms with Crippen LogP contribution in [0.3, 0.4) is 0 Å². The van der Waals surface area contributed by atoms with E-state index < -0.39 is 21.7 Å². The van der Waals surface area contributed by atoms with E-state index in [1.807, 2.05) is 0 Å². The number of benzene rings is 1. The van der Waals surface area contributed by atoms with E-state index in [0.29, 0.717) is 24.7 Å². The van der Waals surface area contributed by atoms with Gasteiger partial charge in [-0.15, -0.1) is 0 Å². The fraction of sp³-hybridized carbons (Fsp3) is 0.312. The van der Waals surface area contributed by atoms with E-state index in [-0.39, 0.29) is 30.4 Å². The standard InChI is InChI=1S/C16H17F2N3O3S/c17-13-5-4-12(11-14(13)18)25(23,24)21-8-2-7-20(9-10-21)16(22)15-3-1-6-19-15/h1,3-6,11,19H,2,7-10H2. The third-order valence-electron chi connectivity index (χ3n) is 4.10. The third-order valence-corrected chi connectivity index (χ3v) is 5.99. The highest BCUT2D eigenvalue weighted by atomic mass is 32.2. The minimum atomic E-state index is -3.95. The van der Waals surface area contributed by atoms with Gasteiger partial charge in [-0.2, -0.15) is 4.31 Å². The first kappa shape index (κ1) is 17.6. The molecule has 1 saturated heterocycles. The number of amides is 1. The number of H-pyrrole nitrogens is 1. The summed E-state index contributed by atoms with van der Waals surface area (Å²) < 4.78 is 52.9. The molecule has 0 saturated carbocycles. The summed E-state index contributed by atoms with van der Waals surface area (Å²) in [6.07, 6.45) is 2.10. The Kier molecular flexibility index (Phi) is 4.87. The minimum absolute atomic E-state index is 0.0910. The number of sulfonamides is 1. The van der Waals surface area contributed by atoms with Crippen molar-refractivity contribution in [1.29, 1.82) is 0 Å². The average molecular weight is 369 g/mol.